The van der Waals surface area contributed by atoms with Crippen LogP contribution in [0.2, 0.25) is 0 Å². The molecular formula is C11H16N2O2. The Labute approximate surface area is 89.3 Å². The Morgan fingerprint density at radius 3 is 2.80 bits per heavy atom. The Kier molecular flexibility index (Phi) is 3.30. The smallest absolute Gasteiger partial charge is 0.0948 e. The number of ether oxygens (including phenoxy) is 1. The van der Waals surface area contributed by atoms with Crippen molar-refractivity contribution in [1.29, 1.82) is 0 Å². The van der Waals surface area contributed by atoms with Crippen LogP contribution in [0.15, 0.2) is 24.5 Å². The molecule has 1 aliphatic heterocycles. The number of hydrogen-bond donors (Lipinski definition) is 2. The zero-order chi connectivity index (χ0) is 10.7. The normalized spacial score (nSPS) is 27.9. The molecule has 4 nitrogen and oxygen atoms in total. The molecule has 1 saturated heterocycles. The third-order valence-corrected chi connectivity index (χ3v) is 2.72. The number of hydrogen-bond acceptors (Lipinski definition) is 4. The first-order chi connectivity index (χ1) is 7.27. The van der Waals surface area contributed by atoms with Crippen LogP contribution in [-0.4, -0.2) is 35.5 Å². The molecule has 0 radical (unpaired) electrons. The van der Waals surface area contributed by atoms with E-state index in [1.165, 1.54) is 5.56 Å². The summed E-state index contributed by atoms with van der Waals surface area (Å²) in [4.78, 5) is 3.97. The Bertz CT molecular complexity index is 305. The minimum absolute atomic E-state index is 0.0353. The maximum atomic E-state index is 9.58. The monoisotopic (exact) mass is 208 g/mol. The van der Waals surface area contributed by atoms with Crippen LogP contribution in [0.1, 0.15) is 18.5 Å². The van der Waals surface area contributed by atoms with Gasteiger partial charge in [0.25, 0.3) is 0 Å². The van der Waals surface area contributed by atoms with E-state index in [1.807, 2.05) is 12.1 Å². The van der Waals surface area contributed by atoms with Crippen LogP contribution in [0.4, 0.5) is 0 Å². The van der Waals surface area contributed by atoms with Crippen LogP contribution < -0.4 is 5.32 Å². The second-order valence-electron chi connectivity index (χ2n) is 3.88. The van der Waals surface area contributed by atoms with E-state index < -0.39 is 6.10 Å². The van der Waals surface area contributed by atoms with Gasteiger partial charge in [-0.2, -0.15) is 0 Å². The molecule has 0 spiro atoms. The fourth-order valence-electron chi connectivity index (χ4n) is 1.77. The summed E-state index contributed by atoms with van der Waals surface area (Å²) < 4.78 is 5.18. The average molecular weight is 208 g/mol. The molecule has 2 heterocycles. The van der Waals surface area contributed by atoms with E-state index in [1.54, 1.807) is 12.4 Å². The van der Waals surface area contributed by atoms with Gasteiger partial charge in [0.1, 0.15) is 0 Å². The highest BCUT2D eigenvalue weighted by Gasteiger charge is 2.27. The van der Waals surface area contributed by atoms with Crippen molar-refractivity contribution in [2.24, 2.45) is 0 Å². The van der Waals surface area contributed by atoms with Gasteiger partial charge in [0.15, 0.2) is 0 Å². The quantitative estimate of drug-likeness (QED) is 0.759. The van der Waals surface area contributed by atoms with Crippen LogP contribution >= 0.6 is 0 Å². The Balaban J connectivity index is 1.95. The van der Waals surface area contributed by atoms with Crippen LogP contribution in [0.5, 0.6) is 0 Å². The molecule has 0 aliphatic carbocycles. The summed E-state index contributed by atoms with van der Waals surface area (Å²) in [5.41, 5.74) is 1.17. The number of aliphatic hydroxyl groups excluding tert-OH is 1. The molecule has 15 heavy (non-hydrogen) atoms. The van der Waals surface area contributed by atoms with Gasteiger partial charge in [-0.1, -0.05) is 0 Å². The molecule has 0 aromatic carbocycles. The Hall–Kier alpha value is -0.970. The van der Waals surface area contributed by atoms with Gasteiger partial charge in [-0.05, 0) is 24.6 Å². The van der Waals surface area contributed by atoms with Crippen molar-refractivity contribution in [1.82, 2.24) is 10.3 Å². The number of nitrogens with zero attached hydrogens (tertiary/aromatic N) is 1. The molecule has 2 N–H and O–H groups in total. The van der Waals surface area contributed by atoms with Crippen molar-refractivity contribution in [3.05, 3.63) is 30.1 Å². The highest BCUT2D eigenvalue weighted by Crippen LogP contribution is 2.14. The van der Waals surface area contributed by atoms with Gasteiger partial charge in [-0.3, -0.25) is 4.98 Å². The SMILES string of the molecule is C[C@@H](NC1COCC1O)c1ccncc1. The first kappa shape index (κ1) is 10.5. The third-order valence-electron chi connectivity index (χ3n) is 2.72. The van der Waals surface area contributed by atoms with E-state index in [9.17, 15) is 5.11 Å². The topological polar surface area (TPSA) is 54.4 Å². The first-order valence-corrected chi connectivity index (χ1v) is 5.19. The van der Waals surface area contributed by atoms with E-state index in [-0.39, 0.29) is 12.1 Å². The maximum Gasteiger partial charge on any atom is 0.0948 e. The van der Waals surface area contributed by atoms with Gasteiger partial charge in [0.05, 0.1) is 25.4 Å². The van der Waals surface area contributed by atoms with Crippen molar-refractivity contribution in [2.45, 2.75) is 25.1 Å². The molecule has 1 aliphatic rings. The van der Waals surface area contributed by atoms with Crippen molar-refractivity contribution >= 4 is 0 Å². The minimum Gasteiger partial charge on any atom is -0.389 e. The van der Waals surface area contributed by atoms with Crippen molar-refractivity contribution < 1.29 is 9.84 Å². The van der Waals surface area contributed by atoms with Crippen molar-refractivity contribution in [3.8, 4) is 0 Å². The maximum absolute atomic E-state index is 9.58. The summed E-state index contributed by atoms with van der Waals surface area (Å²) >= 11 is 0. The number of aliphatic hydroxyl groups is 1. The summed E-state index contributed by atoms with van der Waals surface area (Å²) in [7, 11) is 0. The van der Waals surface area contributed by atoms with E-state index in [0.29, 0.717) is 13.2 Å². The number of nitrogens with one attached hydrogen (secondary N) is 1. The molecule has 3 atom stereocenters. The second kappa shape index (κ2) is 4.70. The van der Waals surface area contributed by atoms with Gasteiger partial charge >= 0.3 is 0 Å². The van der Waals surface area contributed by atoms with Gasteiger partial charge < -0.3 is 15.2 Å². The van der Waals surface area contributed by atoms with Crippen molar-refractivity contribution in [2.75, 3.05) is 13.2 Å². The molecule has 1 aromatic heterocycles. The molecule has 0 bridgehead atoms. The van der Waals surface area contributed by atoms with Gasteiger partial charge in [0, 0.05) is 18.4 Å². The highest BCUT2D eigenvalue weighted by molar-refractivity contribution is 5.14. The van der Waals surface area contributed by atoms with E-state index >= 15 is 0 Å². The van der Waals surface area contributed by atoms with E-state index in [4.69, 9.17) is 4.74 Å². The molecule has 1 aromatic rings. The Morgan fingerprint density at radius 1 is 1.47 bits per heavy atom. The predicted molar refractivity (Wildman–Crippen MR) is 56.4 cm³/mol. The lowest BCUT2D eigenvalue weighted by Gasteiger charge is -2.20. The summed E-state index contributed by atoms with van der Waals surface area (Å²) in [5.74, 6) is 0. The summed E-state index contributed by atoms with van der Waals surface area (Å²) in [6, 6.07) is 4.18. The summed E-state index contributed by atoms with van der Waals surface area (Å²) in [6.45, 7) is 3.08. The molecule has 1 fully saturated rings. The molecule has 2 rings (SSSR count). The lowest BCUT2D eigenvalue weighted by molar-refractivity contribution is 0.121. The molecule has 0 saturated carbocycles. The largest absolute Gasteiger partial charge is 0.389 e. The minimum atomic E-state index is -0.394. The van der Waals surface area contributed by atoms with Gasteiger partial charge in [0.2, 0.25) is 0 Å². The van der Waals surface area contributed by atoms with Crippen molar-refractivity contribution in [3.63, 3.8) is 0 Å². The van der Waals surface area contributed by atoms with Crippen LogP contribution in [0.25, 0.3) is 0 Å². The van der Waals surface area contributed by atoms with Gasteiger partial charge in [-0.25, -0.2) is 0 Å². The fraction of sp³-hybridized carbons (Fsp3) is 0.545. The van der Waals surface area contributed by atoms with Gasteiger partial charge in [-0.15, -0.1) is 0 Å². The molecule has 82 valence electrons. The fourth-order valence-corrected chi connectivity index (χ4v) is 1.77. The summed E-state index contributed by atoms with van der Waals surface area (Å²) in [5, 5.41) is 12.9. The lowest BCUT2D eigenvalue weighted by atomic mass is 10.1. The standard InChI is InChI=1S/C11H16N2O2/c1-8(9-2-4-12-5-3-9)13-10-6-15-7-11(10)14/h2-5,8,10-11,13-14H,6-7H2,1H3/t8-,10?,11?/m1/s1. The lowest BCUT2D eigenvalue weighted by Crippen LogP contribution is -2.40. The Morgan fingerprint density at radius 2 is 2.20 bits per heavy atom. The first-order valence-electron chi connectivity index (χ1n) is 5.19. The van der Waals surface area contributed by atoms with Crippen LogP contribution in [-0.2, 0) is 4.74 Å². The number of pyridine rings is 1. The number of aromatic nitrogens is 1. The third kappa shape index (κ3) is 2.53. The second-order valence-corrected chi connectivity index (χ2v) is 3.88. The van der Waals surface area contributed by atoms with E-state index in [0.717, 1.165) is 0 Å². The molecule has 0 amide bonds. The summed E-state index contributed by atoms with van der Waals surface area (Å²) in [6.07, 6.45) is 3.15. The molecular weight excluding hydrogens is 192 g/mol. The van der Waals surface area contributed by atoms with E-state index in [2.05, 4.69) is 17.2 Å². The molecule has 2 unspecified atom stereocenters. The van der Waals surface area contributed by atoms with Crippen LogP contribution in [0, 0.1) is 0 Å². The average Bonchev–Trinajstić information content (AvgIpc) is 2.66. The predicted octanol–water partition coefficient (Wildman–Crippen LogP) is 0.492. The number of rotatable bonds is 3. The molecule has 4 heteroatoms. The zero-order valence-corrected chi connectivity index (χ0v) is 8.76. The van der Waals surface area contributed by atoms with Crippen LogP contribution in [0.3, 0.4) is 0 Å². The zero-order valence-electron chi connectivity index (χ0n) is 8.76. The highest BCUT2D eigenvalue weighted by atomic mass is 16.5.